The molecule has 2 heterocycles. The molecule has 3 rings (SSSR count). The van der Waals surface area contributed by atoms with Crippen LogP contribution in [0.2, 0.25) is 0 Å². The number of piperidine rings is 1. The molecule has 2 saturated heterocycles. The zero-order chi connectivity index (χ0) is 13.9. The molecule has 110 valence electrons. The molecule has 1 atom stereocenters. The summed E-state index contributed by atoms with van der Waals surface area (Å²) < 4.78 is 14.3. The molecule has 0 aliphatic carbocycles. The van der Waals surface area contributed by atoms with E-state index in [0.29, 0.717) is 10.5 Å². The Balaban J connectivity index is 1.69. The normalized spacial score (nSPS) is 25.2. The Morgan fingerprint density at radius 1 is 1.25 bits per heavy atom. The Labute approximate surface area is 128 Å². The number of benzene rings is 1. The Bertz CT molecular complexity index is 460. The van der Waals surface area contributed by atoms with Crippen LogP contribution in [0.25, 0.3) is 0 Å². The maximum Gasteiger partial charge on any atom is 0.137 e. The van der Waals surface area contributed by atoms with Crippen LogP contribution >= 0.6 is 15.9 Å². The number of nitrogens with one attached hydrogen (secondary N) is 1. The van der Waals surface area contributed by atoms with Gasteiger partial charge in [0.1, 0.15) is 5.82 Å². The number of hydrogen-bond donors (Lipinski definition) is 1. The summed E-state index contributed by atoms with van der Waals surface area (Å²) in [5.41, 5.74) is 1.14. The molecule has 20 heavy (non-hydrogen) atoms. The van der Waals surface area contributed by atoms with Crippen molar-refractivity contribution in [2.45, 2.75) is 31.7 Å². The van der Waals surface area contributed by atoms with Gasteiger partial charge in [-0.1, -0.05) is 6.07 Å². The maximum atomic E-state index is 13.7. The van der Waals surface area contributed by atoms with Crippen molar-refractivity contribution < 1.29 is 4.39 Å². The molecule has 4 heteroatoms. The standard InChI is InChI=1S/C16H22BrFN2/c17-14-4-3-13(10-15(14)18)16-2-1-9-20(16)11-12-5-7-19-8-6-12/h3-4,10,12,16,19H,1-2,5-9,11H2. The highest BCUT2D eigenvalue weighted by molar-refractivity contribution is 9.10. The van der Waals surface area contributed by atoms with Crippen LogP contribution in [0.1, 0.15) is 37.3 Å². The number of nitrogens with zero attached hydrogens (tertiary/aromatic N) is 1. The van der Waals surface area contributed by atoms with Gasteiger partial charge in [0, 0.05) is 12.6 Å². The van der Waals surface area contributed by atoms with Gasteiger partial charge in [0.05, 0.1) is 4.47 Å². The first-order valence-electron chi connectivity index (χ1n) is 7.64. The molecule has 1 aromatic rings. The quantitative estimate of drug-likeness (QED) is 0.901. The minimum Gasteiger partial charge on any atom is -0.317 e. The van der Waals surface area contributed by atoms with Gasteiger partial charge in [0.15, 0.2) is 0 Å². The minimum absolute atomic E-state index is 0.142. The van der Waals surface area contributed by atoms with Gasteiger partial charge in [0.25, 0.3) is 0 Å². The summed E-state index contributed by atoms with van der Waals surface area (Å²) in [4.78, 5) is 2.57. The second-order valence-corrected chi connectivity index (χ2v) is 6.87. The largest absolute Gasteiger partial charge is 0.317 e. The van der Waals surface area contributed by atoms with Gasteiger partial charge in [-0.25, -0.2) is 4.39 Å². The summed E-state index contributed by atoms with van der Waals surface area (Å²) in [7, 11) is 0. The summed E-state index contributed by atoms with van der Waals surface area (Å²) in [6.07, 6.45) is 4.94. The highest BCUT2D eigenvalue weighted by Gasteiger charge is 2.28. The molecule has 0 aromatic heterocycles. The maximum absolute atomic E-state index is 13.7. The molecule has 1 unspecified atom stereocenters. The van der Waals surface area contributed by atoms with Crippen molar-refractivity contribution in [3.63, 3.8) is 0 Å². The van der Waals surface area contributed by atoms with Gasteiger partial charge in [-0.15, -0.1) is 0 Å². The van der Waals surface area contributed by atoms with Crippen LogP contribution in [0, 0.1) is 11.7 Å². The van der Waals surface area contributed by atoms with Crippen LogP contribution in [-0.4, -0.2) is 31.1 Å². The minimum atomic E-state index is -0.142. The lowest BCUT2D eigenvalue weighted by molar-refractivity contribution is 0.192. The summed E-state index contributed by atoms with van der Waals surface area (Å²) in [6.45, 7) is 4.63. The first kappa shape index (κ1) is 14.5. The lowest BCUT2D eigenvalue weighted by Crippen LogP contribution is -2.36. The molecular formula is C16H22BrFN2. The van der Waals surface area contributed by atoms with Crippen LogP contribution < -0.4 is 5.32 Å². The second-order valence-electron chi connectivity index (χ2n) is 6.02. The summed E-state index contributed by atoms with van der Waals surface area (Å²) in [5.74, 6) is 0.661. The van der Waals surface area contributed by atoms with Gasteiger partial charge < -0.3 is 5.32 Å². The third kappa shape index (κ3) is 3.23. The summed E-state index contributed by atoms with van der Waals surface area (Å²) in [6, 6.07) is 6.02. The molecule has 2 aliphatic rings. The van der Waals surface area contributed by atoms with Crippen LogP contribution in [0.3, 0.4) is 0 Å². The van der Waals surface area contributed by atoms with Crippen molar-refractivity contribution in [3.05, 3.63) is 34.1 Å². The highest BCUT2D eigenvalue weighted by atomic mass is 79.9. The fourth-order valence-electron chi connectivity index (χ4n) is 3.54. The Morgan fingerprint density at radius 3 is 2.80 bits per heavy atom. The van der Waals surface area contributed by atoms with Gasteiger partial charge >= 0.3 is 0 Å². The van der Waals surface area contributed by atoms with Crippen molar-refractivity contribution in [3.8, 4) is 0 Å². The molecule has 0 radical (unpaired) electrons. The molecule has 1 aromatic carbocycles. The zero-order valence-electron chi connectivity index (χ0n) is 11.7. The smallest absolute Gasteiger partial charge is 0.137 e. The van der Waals surface area contributed by atoms with Crippen LogP contribution in [0.5, 0.6) is 0 Å². The molecule has 2 fully saturated rings. The molecule has 1 N–H and O–H groups in total. The molecule has 0 bridgehead atoms. The first-order valence-corrected chi connectivity index (χ1v) is 8.43. The number of likely N-dealkylation sites (tertiary alicyclic amines) is 1. The molecule has 0 spiro atoms. The van der Waals surface area contributed by atoms with Crippen molar-refractivity contribution in [2.75, 3.05) is 26.2 Å². The fourth-order valence-corrected chi connectivity index (χ4v) is 3.78. The summed E-state index contributed by atoms with van der Waals surface area (Å²) in [5, 5.41) is 3.42. The SMILES string of the molecule is Fc1cc(C2CCCN2CC2CCNCC2)ccc1Br. The van der Waals surface area contributed by atoms with E-state index in [4.69, 9.17) is 0 Å². The average Bonchev–Trinajstić information content (AvgIpc) is 2.91. The number of hydrogen-bond acceptors (Lipinski definition) is 2. The highest BCUT2D eigenvalue weighted by Crippen LogP contribution is 2.34. The van der Waals surface area contributed by atoms with Gasteiger partial charge in [0.2, 0.25) is 0 Å². The van der Waals surface area contributed by atoms with E-state index >= 15 is 0 Å². The van der Waals surface area contributed by atoms with Crippen molar-refractivity contribution in [1.29, 1.82) is 0 Å². The Morgan fingerprint density at radius 2 is 2.05 bits per heavy atom. The summed E-state index contributed by atoms with van der Waals surface area (Å²) >= 11 is 3.24. The third-order valence-electron chi connectivity index (χ3n) is 4.64. The lowest BCUT2D eigenvalue weighted by Gasteiger charge is -2.31. The molecule has 0 saturated carbocycles. The van der Waals surface area contributed by atoms with Crippen LogP contribution in [-0.2, 0) is 0 Å². The number of rotatable bonds is 3. The van der Waals surface area contributed by atoms with E-state index in [1.54, 1.807) is 6.07 Å². The third-order valence-corrected chi connectivity index (χ3v) is 5.29. The average molecular weight is 341 g/mol. The van der Waals surface area contributed by atoms with Gasteiger partial charge in [-0.2, -0.15) is 0 Å². The predicted octanol–water partition coefficient (Wildman–Crippen LogP) is 3.72. The van der Waals surface area contributed by atoms with E-state index in [0.717, 1.165) is 37.5 Å². The van der Waals surface area contributed by atoms with Crippen LogP contribution in [0.4, 0.5) is 4.39 Å². The second kappa shape index (κ2) is 6.54. The Kier molecular flexibility index (Phi) is 4.74. The van der Waals surface area contributed by atoms with Crippen LogP contribution in [0.15, 0.2) is 22.7 Å². The van der Waals surface area contributed by atoms with E-state index in [1.165, 1.54) is 25.8 Å². The first-order chi connectivity index (χ1) is 9.74. The molecular weight excluding hydrogens is 319 g/mol. The molecule has 0 amide bonds. The van der Waals surface area contributed by atoms with Gasteiger partial charge in [-0.3, -0.25) is 4.90 Å². The molecule has 2 aliphatic heterocycles. The molecule has 2 nitrogen and oxygen atoms in total. The predicted molar refractivity (Wildman–Crippen MR) is 83.2 cm³/mol. The fraction of sp³-hybridized carbons (Fsp3) is 0.625. The monoisotopic (exact) mass is 340 g/mol. The van der Waals surface area contributed by atoms with Crippen molar-refractivity contribution >= 4 is 15.9 Å². The zero-order valence-corrected chi connectivity index (χ0v) is 13.3. The Hall–Kier alpha value is -0.450. The van der Waals surface area contributed by atoms with E-state index in [1.807, 2.05) is 6.07 Å². The number of halogens is 2. The van der Waals surface area contributed by atoms with E-state index in [2.05, 4.69) is 32.2 Å². The van der Waals surface area contributed by atoms with Gasteiger partial charge in [-0.05, 0) is 84.9 Å². The lowest BCUT2D eigenvalue weighted by atomic mass is 9.96. The van der Waals surface area contributed by atoms with Crippen molar-refractivity contribution in [1.82, 2.24) is 10.2 Å². The van der Waals surface area contributed by atoms with E-state index in [-0.39, 0.29) is 5.82 Å². The van der Waals surface area contributed by atoms with E-state index in [9.17, 15) is 4.39 Å². The topological polar surface area (TPSA) is 15.3 Å². The van der Waals surface area contributed by atoms with E-state index < -0.39 is 0 Å². The van der Waals surface area contributed by atoms with Crippen molar-refractivity contribution in [2.24, 2.45) is 5.92 Å².